The second-order valence-corrected chi connectivity index (χ2v) is 9.65. The summed E-state index contributed by atoms with van der Waals surface area (Å²) in [4.78, 5) is 0. The molecule has 0 aliphatic rings. The average molecular weight is 339 g/mol. The SMILES string of the molecule is CCCCCCCCCC(C(C)(C)CCCC)C(C)(C)CCCC. The van der Waals surface area contributed by atoms with Gasteiger partial charge in [-0.25, -0.2) is 0 Å². The number of unbranched alkanes of at least 4 members (excludes halogenated alkanes) is 8. The number of hydrogen-bond acceptors (Lipinski definition) is 0. The standard InChI is InChI=1S/C24H50/c1-8-11-14-15-16-17-18-19-22(23(4,5)20-12-9-2)24(6,7)21-13-10-3/h22H,8-21H2,1-7H3. The van der Waals surface area contributed by atoms with E-state index in [4.69, 9.17) is 0 Å². The Balaban J connectivity index is 4.57. The largest absolute Gasteiger partial charge is 0.0654 e. The van der Waals surface area contributed by atoms with Crippen molar-refractivity contribution in [1.29, 1.82) is 0 Å². The summed E-state index contributed by atoms with van der Waals surface area (Å²) in [5.41, 5.74) is 0.991. The molecular weight excluding hydrogens is 288 g/mol. The molecule has 0 rings (SSSR count). The van der Waals surface area contributed by atoms with Crippen LogP contribution in [0.3, 0.4) is 0 Å². The van der Waals surface area contributed by atoms with Gasteiger partial charge in [-0.1, -0.05) is 119 Å². The molecule has 0 aliphatic carbocycles. The van der Waals surface area contributed by atoms with E-state index in [0.717, 1.165) is 5.92 Å². The highest BCUT2D eigenvalue weighted by atomic mass is 14.4. The van der Waals surface area contributed by atoms with Gasteiger partial charge in [-0.05, 0) is 36.0 Å². The van der Waals surface area contributed by atoms with Crippen LogP contribution in [-0.2, 0) is 0 Å². The lowest BCUT2D eigenvalue weighted by atomic mass is 9.60. The lowest BCUT2D eigenvalue weighted by Crippen LogP contribution is -2.36. The average Bonchev–Trinajstić information content (AvgIpc) is 2.53. The zero-order valence-corrected chi connectivity index (χ0v) is 18.5. The Morgan fingerprint density at radius 1 is 0.500 bits per heavy atom. The van der Waals surface area contributed by atoms with Crippen molar-refractivity contribution in [3.8, 4) is 0 Å². The molecular formula is C24H50. The van der Waals surface area contributed by atoms with Crippen LogP contribution in [0.15, 0.2) is 0 Å². The second-order valence-electron chi connectivity index (χ2n) is 9.65. The fourth-order valence-electron chi connectivity index (χ4n) is 4.76. The molecule has 0 N–H and O–H groups in total. The van der Waals surface area contributed by atoms with Crippen LogP contribution in [0.4, 0.5) is 0 Å². The molecule has 0 aromatic rings. The van der Waals surface area contributed by atoms with Crippen molar-refractivity contribution < 1.29 is 0 Å². The van der Waals surface area contributed by atoms with E-state index >= 15 is 0 Å². The molecule has 0 heteroatoms. The lowest BCUT2D eigenvalue weighted by Gasteiger charge is -2.45. The van der Waals surface area contributed by atoms with E-state index in [2.05, 4.69) is 48.5 Å². The van der Waals surface area contributed by atoms with Gasteiger partial charge in [-0.2, -0.15) is 0 Å². The van der Waals surface area contributed by atoms with Crippen LogP contribution in [0.5, 0.6) is 0 Å². The third-order valence-electron chi connectivity index (χ3n) is 6.33. The summed E-state index contributed by atoms with van der Waals surface area (Å²) in [6, 6.07) is 0. The summed E-state index contributed by atoms with van der Waals surface area (Å²) in [6.07, 6.45) is 19.8. The van der Waals surface area contributed by atoms with E-state index in [0.29, 0.717) is 10.8 Å². The molecule has 0 spiro atoms. The van der Waals surface area contributed by atoms with E-state index in [1.54, 1.807) is 0 Å². The van der Waals surface area contributed by atoms with Gasteiger partial charge in [-0.3, -0.25) is 0 Å². The van der Waals surface area contributed by atoms with Crippen molar-refractivity contribution in [3.63, 3.8) is 0 Å². The monoisotopic (exact) mass is 338 g/mol. The second kappa shape index (κ2) is 13.2. The van der Waals surface area contributed by atoms with Gasteiger partial charge in [0.2, 0.25) is 0 Å². The summed E-state index contributed by atoms with van der Waals surface area (Å²) < 4.78 is 0. The molecule has 0 fully saturated rings. The van der Waals surface area contributed by atoms with Crippen LogP contribution >= 0.6 is 0 Å². The number of rotatable bonds is 16. The quantitative estimate of drug-likeness (QED) is 0.246. The van der Waals surface area contributed by atoms with Gasteiger partial charge in [0.05, 0.1) is 0 Å². The van der Waals surface area contributed by atoms with Crippen molar-refractivity contribution >= 4 is 0 Å². The summed E-state index contributed by atoms with van der Waals surface area (Å²) >= 11 is 0. The predicted octanol–water partition coefficient (Wildman–Crippen LogP) is 9.18. The first-order valence-corrected chi connectivity index (χ1v) is 11.3. The third kappa shape index (κ3) is 10.1. The Labute approximate surface area is 155 Å². The first kappa shape index (κ1) is 24.0. The highest BCUT2D eigenvalue weighted by Crippen LogP contribution is 2.48. The molecule has 0 unspecified atom stereocenters. The van der Waals surface area contributed by atoms with Gasteiger partial charge in [0, 0.05) is 0 Å². The van der Waals surface area contributed by atoms with Crippen LogP contribution in [0.1, 0.15) is 138 Å². The van der Waals surface area contributed by atoms with Gasteiger partial charge in [0.25, 0.3) is 0 Å². The fraction of sp³-hybridized carbons (Fsp3) is 1.00. The van der Waals surface area contributed by atoms with Gasteiger partial charge < -0.3 is 0 Å². The van der Waals surface area contributed by atoms with Crippen LogP contribution < -0.4 is 0 Å². The summed E-state index contributed by atoms with van der Waals surface area (Å²) in [5, 5.41) is 0. The molecule has 0 bridgehead atoms. The first-order valence-electron chi connectivity index (χ1n) is 11.3. The van der Waals surface area contributed by atoms with Crippen molar-refractivity contribution in [1.82, 2.24) is 0 Å². The van der Waals surface area contributed by atoms with Gasteiger partial charge in [0.15, 0.2) is 0 Å². The van der Waals surface area contributed by atoms with Crippen LogP contribution in [-0.4, -0.2) is 0 Å². The molecule has 0 aromatic heterocycles. The highest BCUT2D eigenvalue weighted by molar-refractivity contribution is 4.89. The Bertz CT molecular complexity index is 254. The predicted molar refractivity (Wildman–Crippen MR) is 113 cm³/mol. The smallest absolute Gasteiger partial charge is 0.0311 e. The van der Waals surface area contributed by atoms with Crippen molar-refractivity contribution in [3.05, 3.63) is 0 Å². The molecule has 0 saturated carbocycles. The van der Waals surface area contributed by atoms with Crippen LogP contribution in [0.25, 0.3) is 0 Å². The lowest BCUT2D eigenvalue weighted by molar-refractivity contribution is 0.0442. The zero-order chi connectivity index (χ0) is 18.5. The van der Waals surface area contributed by atoms with Crippen LogP contribution in [0.2, 0.25) is 0 Å². The molecule has 0 nitrogen and oxygen atoms in total. The Hall–Kier alpha value is 0. The molecule has 0 heterocycles. The fourth-order valence-corrected chi connectivity index (χ4v) is 4.76. The van der Waals surface area contributed by atoms with Crippen LogP contribution in [0, 0.1) is 16.7 Å². The molecule has 0 atom stereocenters. The van der Waals surface area contributed by atoms with E-state index in [1.807, 2.05) is 0 Å². The van der Waals surface area contributed by atoms with Gasteiger partial charge >= 0.3 is 0 Å². The van der Waals surface area contributed by atoms with Crippen molar-refractivity contribution in [2.75, 3.05) is 0 Å². The molecule has 0 aliphatic heterocycles. The summed E-state index contributed by atoms with van der Waals surface area (Å²) in [6.45, 7) is 17.2. The third-order valence-corrected chi connectivity index (χ3v) is 6.33. The molecule has 24 heavy (non-hydrogen) atoms. The normalized spacial score (nSPS) is 13.0. The van der Waals surface area contributed by atoms with Crippen molar-refractivity contribution in [2.24, 2.45) is 16.7 Å². The molecule has 0 aromatic carbocycles. The summed E-state index contributed by atoms with van der Waals surface area (Å²) in [7, 11) is 0. The van der Waals surface area contributed by atoms with E-state index in [1.165, 1.54) is 89.9 Å². The Morgan fingerprint density at radius 3 is 1.29 bits per heavy atom. The Morgan fingerprint density at radius 2 is 0.875 bits per heavy atom. The molecule has 146 valence electrons. The Kier molecular flexibility index (Phi) is 13.2. The maximum atomic E-state index is 2.56. The van der Waals surface area contributed by atoms with E-state index in [-0.39, 0.29) is 0 Å². The first-order chi connectivity index (χ1) is 11.3. The van der Waals surface area contributed by atoms with E-state index in [9.17, 15) is 0 Å². The summed E-state index contributed by atoms with van der Waals surface area (Å²) in [5.74, 6) is 0.874. The minimum Gasteiger partial charge on any atom is -0.0654 e. The van der Waals surface area contributed by atoms with Gasteiger partial charge in [-0.15, -0.1) is 0 Å². The zero-order valence-electron chi connectivity index (χ0n) is 18.5. The van der Waals surface area contributed by atoms with E-state index < -0.39 is 0 Å². The maximum Gasteiger partial charge on any atom is -0.0311 e. The highest BCUT2D eigenvalue weighted by Gasteiger charge is 2.39. The van der Waals surface area contributed by atoms with Gasteiger partial charge in [0.1, 0.15) is 0 Å². The number of hydrogen-bond donors (Lipinski definition) is 0. The molecule has 0 saturated heterocycles. The topological polar surface area (TPSA) is 0 Å². The minimum atomic E-state index is 0.495. The molecule has 0 amide bonds. The minimum absolute atomic E-state index is 0.495. The molecule has 0 radical (unpaired) electrons. The maximum absolute atomic E-state index is 2.56. The van der Waals surface area contributed by atoms with Crippen molar-refractivity contribution in [2.45, 2.75) is 138 Å².